The highest BCUT2D eigenvalue weighted by Gasteiger charge is 2.15. The minimum absolute atomic E-state index is 0. The van der Waals surface area contributed by atoms with Crippen molar-refractivity contribution in [2.24, 2.45) is 4.99 Å². The lowest BCUT2D eigenvalue weighted by molar-refractivity contribution is 0.0527. The van der Waals surface area contributed by atoms with Crippen molar-refractivity contribution in [3.05, 3.63) is 30.1 Å². The number of fused-ring (bicyclic) bond motifs is 1. The Balaban J connectivity index is 0.00000392. The van der Waals surface area contributed by atoms with E-state index in [2.05, 4.69) is 30.9 Å². The number of aliphatic imine (C=N–C) groups is 1. The molecule has 9 heteroatoms. The Morgan fingerprint density at radius 2 is 1.82 bits per heavy atom. The van der Waals surface area contributed by atoms with Crippen molar-refractivity contribution >= 4 is 47.1 Å². The molecule has 4 N–H and O–H groups in total. The first-order chi connectivity index (χ1) is 12.9. The maximum absolute atomic E-state index is 11.6. The summed E-state index contributed by atoms with van der Waals surface area (Å²) in [4.78, 5) is 23.6. The minimum Gasteiger partial charge on any atom is -0.444 e. The molecule has 0 aliphatic carbocycles. The largest absolute Gasteiger partial charge is 0.444 e. The number of imidazole rings is 1. The summed E-state index contributed by atoms with van der Waals surface area (Å²) < 4.78 is 5.19. The number of alkyl carbamates (subject to hydrolysis) is 1. The van der Waals surface area contributed by atoms with Crippen LogP contribution in [0.15, 0.2) is 29.3 Å². The first-order valence-corrected chi connectivity index (χ1v) is 9.22. The monoisotopic (exact) mass is 502 g/mol. The Kier molecular flexibility index (Phi) is 10.0. The van der Waals surface area contributed by atoms with Crippen LogP contribution < -0.4 is 16.0 Å². The molecule has 0 fully saturated rings. The molecule has 1 aromatic carbocycles. The Morgan fingerprint density at radius 3 is 2.50 bits per heavy atom. The van der Waals surface area contributed by atoms with Crippen LogP contribution in [0.5, 0.6) is 0 Å². The highest BCUT2D eigenvalue weighted by molar-refractivity contribution is 14.0. The maximum atomic E-state index is 11.6. The number of H-pyrrole nitrogens is 1. The van der Waals surface area contributed by atoms with Gasteiger partial charge in [-0.1, -0.05) is 12.1 Å². The fourth-order valence-corrected chi connectivity index (χ4v) is 2.44. The van der Waals surface area contributed by atoms with Gasteiger partial charge in [0, 0.05) is 33.1 Å². The molecule has 2 rings (SSSR count). The molecule has 8 nitrogen and oxygen atoms in total. The molecule has 0 aliphatic rings. The highest BCUT2D eigenvalue weighted by Crippen LogP contribution is 2.10. The van der Waals surface area contributed by atoms with Gasteiger partial charge in [-0.25, -0.2) is 9.78 Å². The average Bonchev–Trinajstić information content (AvgIpc) is 3.01. The quantitative estimate of drug-likeness (QED) is 0.202. The molecule has 1 amide bonds. The fourth-order valence-electron chi connectivity index (χ4n) is 2.44. The van der Waals surface area contributed by atoms with Crippen LogP contribution in [0.3, 0.4) is 0 Å². The average molecular weight is 502 g/mol. The van der Waals surface area contributed by atoms with E-state index in [4.69, 9.17) is 4.74 Å². The number of halogens is 1. The first kappa shape index (κ1) is 24.0. The number of nitrogens with one attached hydrogen (secondary N) is 4. The number of hydrogen-bond donors (Lipinski definition) is 4. The van der Waals surface area contributed by atoms with E-state index in [-0.39, 0.29) is 24.0 Å². The number of carbonyl (C=O) groups excluding carboxylic acids is 1. The van der Waals surface area contributed by atoms with Gasteiger partial charge in [0.1, 0.15) is 11.4 Å². The second kappa shape index (κ2) is 11.7. The van der Waals surface area contributed by atoms with Gasteiger partial charge in [-0.15, -0.1) is 24.0 Å². The van der Waals surface area contributed by atoms with E-state index in [9.17, 15) is 4.79 Å². The molecule has 0 saturated carbocycles. The molecule has 28 heavy (non-hydrogen) atoms. The summed E-state index contributed by atoms with van der Waals surface area (Å²) in [7, 11) is 1.73. The smallest absolute Gasteiger partial charge is 0.407 e. The summed E-state index contributed by atoms with van der Waals surface area (Å²) in [6.45, 7) is 7.48. The number of ether oxygens (including phenoxy) is 1. The van der Waals surface area contributed by atoms with E-state index >= 15 is 0 Å². The van der Waals surface area contributed by atoms with Crippen molar-refractivity contribution < 1.29 is 9.53 Å². The van der Waals surface area contributed by atoms with Gasteiger partial charge in [0.15, 0.2) is 5.96 Å². The molecule has 0 aliphatic heterocycles. The molecule has 156 valence electrons. The van der Waals surface area contributed by atoms with Crippen molar-refractivity contribution in [1.82, 2.24) is 25.9 Å². The molecule has 0 radical (unpaired) electrons. The lowest BCUT2D eigenvalue weighted by Gasteiger charge is -2.19. The molecule has 0 saturated heterocycles. The maximum Gasteiger partial charge on any atom is 0.407 e. The summed E-state index contributed by atoms with van der Waals surface area (Å²) >= 11 is 0. The highest BCUT2D eigenvalue weighted by atomic mass is 127. The number of carbonyl (C=O) groups is 1. The molecule has 1 aromatic heterocycles. The Bertz CT molecular complexity index is 736. The molecular formula is C19H31IN6O2. The number of aromatic amines is 1. The van der Waals surface area contributed by atoms with Gasteiger partial charge in [0.2, 0.25) is 0 Å². The van der Waals surface area contributed by atoms with E-state index in [1.54, 1.807) is 7.05 Å². The van der Waals surface area contributed by atoms with Crippen LogP contribution in [0.4, 0.5) is 4.79 Å². The summed E-state index contributed by atoms with van der Waals surface area (Å²) in [5.74, 6) is 1.67. The van der Waals surface area contributed by atoms with E-state index in [1.807, 2.05) is 45.0 Å². The van der Waals surface area contributed by atoms with Crippen molar-refractivity contribution in [3.63, 3.8) is 0 Å². The van der Waals surface area contributed by atoms with E-state index in [0.717, 1.165) is 42.2 Å². The second-order valence-corrected chi connectivity index (χ2v) is 7.16. The van der Waals surface area contributed by atoms with Crippen LogP contribution in [0.2, 0.25) is 0 Å². The van der Waals surface area contributed by atoms with Crippen LogP contribution in [-0.4, -0.2) is 54.3 Å². The molecule has 0 atom stereocenters. The van der Waals surface area contributed by atoms with Crippen molar-refractivity contribution in [3.8, 4) is 0 Å². The van der Waals surface area contributed by atoms with Crippen molar-refractivity contribution in [2.45, 2.75) is 39.2 Å². The minimum atomic E-state index is -0.478. The van der Waals surface area contributed by atoms with Gasteiger partial charge >= 0.3 is 6.09 Å². The van der Waals surface area contributed by atoms with E-state index < -0.39 is 11.7 Å². The molecule has 0 bridgehead atoms. The number of para-hydroxylation sites is 2. The van der Waals surface area contributed by atoms with Gasteiger partial charge < -0.3 is 25.7 Å². The Morgan fingerprint density at radius 1 is 1.14 bits per heavy atom. The molecule has 2 aromatic rings. The number of benzene rings is 1. The number of amides is 1. The van der Waals surface area contributed by atoms with Gasteiger partial charge in [-0.3, -0.25) is 4.99 Å². The third kappa shape index (κ3) is 8.77. The first-order valence-electron chi connectivity index (χ1n) is 9.22. The third-order valence-electron chi connectivity index (χ3n) is 3.63. The number of aromatic nitrogens is 2. The normalized spacial score (nSPS) is 11.6. The van der Waals surface area contributed by atoms with Gasteiger partial charge in [-0.2, -0.15) is 0 Å². The third-order valence-corrected chi connectivity index (χ3v) is 3.63. The van der Waals surface area contributed by atoms with E-state index in [1.165, 1.54) is 0 Å². The van der Waals surface area contributed by atoms with Crippen LogP contribution in [0.1, 0.15) is 33.0 Å². The number of hydrogen-bond acceptors (Lipinski definition) is 4. The predicted molar refractivity (Wildman–Crippen MR) is 123 cm³/mol. The molecular weight excluding hydrogens is 471 g/mol. The SMILES string of the molecule is CN=C(NCCCNC(=O)OC(C)(C)C)NCCc1nc2ccccc2[nH]1.I. The van der Waals surface area contributed by atoms with Crippen molar-refractivity contribution in [1.29, 1.82) is 0 Å². The van der Waals surface area contributed by atoms with E-state index in [0.29, 0.717) is 13.1 Å². The molecule has 1 heterocycles. The lowest BCUT2D eigenvalue weighted by Crippen LogP contribution is -2.40. The summed E-state index contributed by atoms with van der Waals surface area (Å²) in [6, 6.07) is 7.99. The van der Waals surface area contributed by atoms with Crippen LogP contribution in [0, 0.1) is 0 Å². The summed E-state index contributed by atoms with van der Waals surface area (Å²) in [5.41, 5.74) is 1.55. The zero-order valence-corrected chi connectivity index (χ0v) is 19.3. The number of guanidine groups is 1. The van der Waals surface area contributed by atoms with Crippen LogP contribution in [0.25, 0.3) is 11.0 Å². The fraction of sp³-hybridized carbons (Fsp3) is 0.526. The molecule has 0 unspecified atom stereocenters. The zero-order chi connectivity index (χ0) is 19.7. The number of rotatable bonds is 7. The van der Waals surface area contributed by atoms with Crippen LogP contribution in [-0.2, 0) is 11.2 Å². The Labute approximate surface area is 183 Å². The lowest BCUT2D eigenvalue weighted by atomic mass is 10.2. The Hall–Kier alpha value is -2.04. The summed E-state index contributed by atoms with van der Waals surface area (Å²) in [6.07, 6.45) is 1.15. The number of nitrogens with zero attached hydrogens (tertiary/aromatic N) is 2. The summed E-state index contributed by atoms with van der Waals surface area (Å²) in [5, 5.41) is 9.21. The van der Waals surface area contributed by atoms with Crippen molar-refractivity contribution in [2.75, 3.05) is 26.7 Å². The van der Waals surface area contributed by atoms with Crippen LogP contribution >= 0.6 is 24.0 Å². The standard InChI is InChI=1S/C19H30N6O2.HI/c1-19(2,3)27-18(26)23-12-7-11-21-17(20-4)22-13-10-16-24-14-8-5-6-9-15(14)25-16;/h5-6,8-9H,7,10-13H2,1-4H3,(H,23,26)(H,24,25)(H2,20,21,22);1H. The topological polar surface area (TPSA) is 103 Å². The van der Waals surface area contributed by atoms with Gasteiger partial charge in [-0.05, 0) is 39.3 Å². The predicted octanol–water partition coefficient (Wildman–Crippen LogP) is 2.80. The molecule has 0 spiro atoms. The van der Waals surface area contributed by atoms with Gasteiger partial charge in [0.05, 0.1) is 11.0 Å². The van der Waals surface area contributed by atoms with Gasteiger partial charge in [0.25, 0.3) is 0 Å². The second-order valence-electron chi connectivity index (χ2n) is 7.16. The zero-order valence-electron chi connectivity index (χ0n) is 17.0.